The van der Waals surface area contributed by atoms with Gasteiger partial charge in [0.2, 0.25) is 5.75 Å². The molecule has 13 nitrogen and oxygen atoms in total. The standard InChI is InChI=1S/C29H26BrN3O10/c1-42-24-13-15(12-17(30)29(24)43-23-9-8-16(32(38)39)14-20(23)33(40)41)26-27-18(4-2-6-21(27)34)31(11-10-25(36)37)19-5-3-7-22(35)28(19)26/h8-9,12-14,26H,2-7,10-11H2,1H3,(H,36,37). The summed E-state index contributed by atoms with van der Waals surface area (Å²) >= 11 is 3.46. The molecule has 0 saturated heterocycles. The lowest BCUT2D eigenvalue weighted by Crippen LogP contribution is -2.39. The third kappa shape index (κ3) is 5.61. The van der Waals surface area contributed by atoms with Gasteiger partial charge < -0.3 is 19.5 Å². The highest BCUT2D eigenvalue weighted by atomic mass is 79.9. The molecule has 1 heterocycles. The summed E-state index contributed by atoms with van der Waals surface area (Å²) in [4.78, 5) is 61.6. The van der Waals surface area contributed by atoms with Crippen LogP contribution in [0.5, 0.6) is 17.2 Å². The number of carboxylic acids is 1. The maximum Gasteiger partial charge on any atom is 0.318 e. The quantitative estimate of drug-likeness (QED) is 0.249. The normalized spacial score (nSPS) is 17.0. The van der Waals surface area contributed by atoms with Crippen LogP contribution in [-0.2, 0) is 14.4 Å². The lowest BCUT2D eigenvalue weighted by atomic mass is 9.71. The van der Waals surface area contributed by atoms with Crippen LogP contribution in [0.2, 0.25) is 0 Å². The van der Waals surface area contributed by atoms with Crippen LogP contribution in [0.15, 0.2) is 57.3 Å². The molecule has 0 bridgehead atoms. The molecular formula is C29H26BrN3O10. The van der Waals surface area contributed by atoms with E-state index >= 15 is 0 Å². The fraction of sp³-hybridized carbons (Fsp3) is 0.345. The van der Waals surface area contributed by atoms with Crippen molar-refractivity contribution in [1.82, 2.24) is 4.90 Å². The van der Waals surface area contributed by atoms with Crippen LogP contribution in [0.1, 0.15) is 56.4 Å². The number of rotatable bonds is 9. The van der Waals surface area contributed by atoms with Gasteiger partial charge in [0.05, 0.1) is 33.9 Å². The largest absolute Gasteiger partial charge is 0.493 e. The van der Waals surface area contributed by atoms with Crippen LogP contribution < -0.4 is 9.47 Å². The van der Waals surface area contributed by atoms with Gasteiger partial charge in [-0.2, -0.15) is 0 Å². The minimum Gasteiger partial charge on any atom is -0.493 e. The van der Waals surface area contributed by atoms with Crippen molar-refractivity contribution in [2.24, 2.45) is 0 Å². The fourth-order valence-corrected chi connectivity index (χ4v) is 6.53. The Morgan fingerprint density at radius 1 is 0.977 bits per heavy atom. The molecule has 0 fully saturated rings. The number of carbonyl (C=O) groups is 3. The van der Waals surface area contributed by atoms with Crippen molar-refractivity contribution in [3.63, 3.8) is 0 Å². The molecule has 0 radical (unpaired) electrons. The molecule has 2 aromatic carbocycles. The zero-order valence-corrected chi connectivity index (χ0v) is 24.5. The van der Waals surface area contributed by atoms with Gasteiger partial charge in [-0.15, -0.1) is 0 Å². The summed E-state index contributed by atoms with van der Waals surface area (Å²) in [6, 6.07) is 6.27. The number of nitrogens with zero attached hydrogens (tertiary/aromatic N) is 3. The molecule has 0 aromatic heterocycles. The SMILES string of the molecule is COc1cc(C2C3=C(CCCC3=O)N(CCC(=O)O)C3=C2C(=O)CCC3)cc(Br)c1Oc1ccc([N+](=O)[O-])cc1[N+](=O)[O-]. The molecule has 0 saturated carbocycles. The number of ketones is 2. The molecule has 0 amide bonds. The van der Waals surface area contributed by atoms with E-state index < -0.39 is 33.1 Å². The molecular weight excluding hydrogens is 630 g/mol. The van der Waals surface area contributed by atoms with E-state index in [1.54, 1.807) is 12.1 Å². The van der Waals surface area contributed by atoms with E-state index in [-0.39, 0.29) is 41.8 Å². The number of benzene rings is 2. The Morgan fingerprint density at radius 3 is 2.14 bits per heavy atom. The number of nitro benzene ring substituents is 2. The minimum absolute atomic E-state index is 0.0513. The highest BCUT2D eigenvalue weighted by molar-refractivity contribution is 9.10. The number of ether oxygens (including phenoxy) is 2. The number of carboxylic acid groups (broad SMARTS) is 1. The van der Waals surface area contributed by atoms with E-state index in [0.29, 0.717) is 59.7 Å². The number of carbonyl (C=O) groups excluding carboxylic acids is 2. The van der Waals surface area contributed by atoms with Gasteiger partial charge in [-0.3, -0.25) is 34.6 Å². The van der Waals surface area contributed by atoms with E-state index in [4.69, 9.17) is 9.47 Å². The highest BCUT2D eigenvalue weighted by Gasteiger charge is 2.43. The average molecular weight is 656 g/mol. The Morgan fingerprint density at radius 2 is 1.60 bits per heavy atom. The van der Waals surface area contributed by atoms with Gasteiger partial charge >= 0.3 is 11.7 Å². The van der Waals surface area contributed by atoms with Crippen LogP contribution in [-0.4, -0.2) is 51.0 Å². The number of hydrogen-bond acceptors (Lipinski definition) is 10. The zero-order chi connectivity index (χ0) is 31.0. The third-order valence-corrected chi connectivity index (χ3v) is 8.37. The molecule has 224 valence electrons. The van der Waals surface area contributed by atoms with E-state index in [0.717, 1.165) is 29.6 Å². The zero-order valence-electron chi connectivity index (χ0n) is 23.0. The van der Waals surface area contributed by atoms with E-state index in [1.165, 1.54) is 7.11 Å². The second kappa shape index (κ2) is 12.0. The smallest absolute Gasteiger partial charge is 0.318 e. The number of non-ortho nitro benzene ring substituents is 1. The molecule has 0 atom stereocenters. The van der Waals surface area contributed by atoms with Crippen LogP contribution in [0.4, 0.5) is 11.4 Å². The maximum absolute atomic E-state index is 13.5. The van der Waals surface area contributed by atoms with Crippen molar-refractivity contribution in [1.29, 1.82) is 0 Å². The summed E-state index contributed by atoms with van der Waals surface area (Å²) in [5.41, 5.74) is 1.83. The summed E-state index contributed by atoms with van der Waals surface area (Å²) in [7, 11) is 1.37. The molecule has 14 heteroatoms. The Hall–Kier alpha value is -4.59. The number of nitro groups is 2. The Labute approximate surface area is 253 Å². The summed E-state index contributed by atoms with van der Waals surface area (Å²) in [6.07, 6.45) is 2.78. The van der Waals surface area contributed by atoms with Crippen LogP contribution in [0.25, 0.3) is 0 Å². The van der Waals surface area contributed by atoms with Crippen LogP contribution >= 0.6 is 15.9 Å². The van der Waals surface area contributed by atoms with Crippen molar-refractivity contribution < 1.29 is 38.8 Å². The predicted octanol–water partition coefficient (Wildman–Crippen LogP) is 5.95. The lowest BCUT2D eigenvalue weighted by molar-refractivity contribution is -0.394. The Balaban J connectivity index is 1.64. The van der Waals surface area contributed by atoms with Gasteiger partial charge in [0.25, 0.3) is 5.69 Å². The molecule has 2 aromatic rings. The van der Waals surface area contributed by atoms with Gasteiger partial charge in [-0.05, 0) is 65.4 Å². The number of aliphatic carboxylic acids is 1. The third-order valence-electron chi connectivity index (χ3n) is 7.78. The molecule has 2 aliphatic carbocycles. The van der Waals surface area contributed by atoms with Crippen molar-refractivity contribution in [2.75, 3.05) is 13.7 Å². The van der Waals surface area contributed by atoms with Crippen LogP contribution in [0, 0.1) is 20.2 Å². The lowest BCUT2D eigenvalue weighted by Gasteiger charge is -2.44. The molecule has 43 heavy (non-hydrogen) atoms. The van der Waals surface area contributed by atoms with Crippen LogP contribution in [0.3, 0.4) is 0 Å². The van der Waals surface area contributed by atoms with Gasteiger partial charge in [-0.25, -0.2) is 0 Å². The predicted molar refractivity (Wildman–Crippen MR) is 154 cm³/mol. The Bertz CT molecular complexity index is 1600. The maximum atomic E-state index is 13.5. The molecule has 1 aliphatic heterocycles. The molecule has 1 N–H and O–H groups in total. The molecule has 5 rings (SSSR count). The summed E-state index contributed by atoms with van der Waals surface area (Å²) < 4.78 is 11.8. The number of Topliss-reactive ketones (excluding diaryl/α,β-unsaturated/α-hetero) is 2. The number of halogens is 1. The van der Waals surface area contributed by atoms with Crippen molar-refractivity contribution >= 4 is 44.8 Å². The van der Waals surface area contributed by atoms with E-state index in [9.17, 15) is 39.7 Å². The first kappa shape index (κ1) is 29.9. The molecule has 0 unspecified atom stereocenters. The van der Waals surface area contributed by atoms with Crippen molar-refractivity contribution in [3.05, 3.63) is 83.1 Å². The summed E-state index contributed by atoms with van der Waals surface area (Å²) in [5.74, 6) is -2.00. The second-order valence-electron chi connectivity index (χ2n) is 10.3. The van der Waals surface area contributed by atoms with Gasteiger partial charge in [0.1, 0.15) is 0 Å². The highest BCUT2D eigenvalue weighted by Crippen LogP contribution is 2.52. The average Bonchev–Trinajstić information content (AvgIpc) is 2.96. The first-order valence-corrected chi connectivity index (χ1v) is 14.3. The first-order chi connectivity index (χ1) is 20.5. The summed E-state index contributed by atoms with van der Waals surface area (Å²) in [5, 5.41) is 32.2. The topological polar surface area (TPSA) is 179 Å². The molecule has 3 aliphatic rings. The monoisotopic (exact) mass is 655 g/mol. The minimum atomic E-state index is -0.979. The van der Waals surface area contributed by atoms with Gasteiger partial charge in [0.15, 0.2) is 23.1 Å². The number of hydrogen-bond donors (Lipinski definition) is 1. The fourth-order valence-electron chi connectivity index (χ4n) is 5.99. The molecule has 0 spiro atoms. The summed E-state index contributed by atoms with van der Waals surface area (Å²) in [6.45, 7) is 0.147. The van der Waals surface area contributed by atoms with Crippen molar-refractivity contribution in [2.45, 2.75) is 50.9 Å². The number of methoxy groups -OCH3 is 1. The second-order valence-corrected chi connectivity index (χ2v) is 11.2. The van der Waals surface area contributed by atoms with E-state index in [2.05, 4.69) is 15.9 Å². The van der Waals surface area contributed by atoms with Gasteiger partial charge in [-0.1, -0.05) is 0 Å². The Kier molecular flexibility index (Phi) is 8.31. The van der Waals surface area contributed by atoms with E-state index in [1.807, 2.05) is 4.90 Å². The van der Waals surface area contributed by atoms with Crippen molar-refractivity contribution in [3.8, 4) is 17.2 Å². The van der Waals surface area contributed by atoms with Gasteiger partial charge in [0, 0.05) is 53.9 Å². The first-order valence-electron chi connectivity index (χ1n) is 13.5. The number of allylic oxidation sites excluding steroid dienone is 4.